The fourth-order valence-corrected chi connectivity index (χ4v) is 2.85. The van der Waals surface area contributed by atoms with Crippen molar-refractivity contribution in [1.82, 2.24) is 9.80 Å². The van der Waals surface area contributed by atoms with Gasteiger partial charge in [-0.15, -0.1) is 0 Å². The third-order valence-electron chi connectivity index (χ3n) is 3.92. The van der Waals surface area contributed by atoms with Gasteiger partial charge in [-0.05, 0) is 26.0 Å². The van der Waals surface area contributed by atoms with Gasteiger partial charge < -0.3 is 20.1 Å². The summed E-state index contributed by atoms with van der Waals surface area (Å²) < 4.78 is 19.0. The molecule has 0 aliphatic carbocycles. The molecule has 0 unspecified atom stereocenters. The number of carbonyl (C=O) groups is 1. The topological polar surface area (TPSA) is 65.0 Å². The number of para-hydroxylation sites is 1. The number of hydrogen-bond donors (Lipinski definition) is 2. The van der Waals surface area contributed by atoms with Crippen LogP contribution in [0.15, 0.2) is 18.2 Å². The maximum atomic E-state index is 13.9. The molecule has 6 nitrogen and oxygen atoms in total. The summed E-state index contributed by atoms with van der Waals surface area (Å²) >= 11 is 0. The van der Waals surface area contributed by atoms with E-state index < -0.39 is 11.9 Å². The van der Waals surface area contributed by atoms with Gasteiger partial charge in [-0.1, -0.05) is 6.07 Å². The van der Waals surface area contributed by atoms with Crippen molar-refractivity contribution in [2.45, 2.75) is 26.0 Å². The Bertz CT molecular complexity index is 553. The van der Waals surface area contributed by atoms with Gasteiger partial charge in [0.25, 0.3) is 0 Å². The largest absolute Gasteiger partial charge is 0.494 e. The molecule has 0 spiro atoms. The van der Waals surface area contributed by atoms with Crippen molar-refractivity contribution in [2.75, 3.05) is 38.6 Å². The number of aliphatic hydroxyl groups excluding tert-OH is 1. The van der Waals surface area contributed by atoms with Gasteiger partial charge in [-0.2, -0.15) is 0 Å². The van der Waals surface area contributed by atoms with Crippen LogP contribution < -0.4 is 10.1 Å². The smallest absolute Gasteiger partial charge is 0.322 e. The monoisotopic (exact) mass is 325 g/mol. The number of anilines is 1. The van der Waals surface area contributed by atoms with Crippen LogP contribution in [0.1, 0.15) is 13.8 Å². The first-order chi connectivity index (χ1) is 10.9. The van der Waals surface area contributed by atoms with Crippen molar-refractivity contribution in [2.24, 2.45) is 0 Å². The van der Waals surface area contributed by atoms with Gasteiger partial charge in [0.2, 0.25) is 0 Å². The molecule has 0 bridgehead atoms. The summed E-state index contributed by atoms with van der Waals surface area (Å²) in [6.45, 7) is 6.14. The number of urea groups is 1. The van der Waals surface area contributed by atoms with Crippen LogP contribution in [0, 0.1) is 5.82 Å². The van der Waals surface area contributed by atoms with E-state index in [1.165, 1.54) is 19.2 Å². The molecule has 2 atom stereocenters. The molecule has 0 saturated carbocycles. The highest BCUT2D eigenvalue weighted by Crippen LogP contribution is 2.27. The molecule has 1 heterocycles. The number of nitrogens with one attached hydrogen (secondary N) is 1. The minimum Gasteiger partial charge on any atom is -0.494 e. The average molecular weight is 325 g/mol. The van der Waals surface area contributed by atoms with Gasteiger partial charge in [0.15, 0.2) is 5.82 Å². The molecule has 23 heavy (non-hydrogen) atoms. The van der Waals surface area contributed by atoms with E-state index in [-0.39, 0.29) is 17.8 Å². The highest BCUT2D eigenvalue weighted by atomic mass is 19.1. The Morgan fingerprint density at radius 3 is 2.87 bits per heavy atom. The molecule has 1 fully saturated rings. The molecule has 1 aromatic rings. The Balaban J connectivity index is 2.02. The number of aliphatic hydroxyl groups is 1. The number of amides is 2. The van der Waals surface area contributed by atoms with E-state index in [2.05, 4.69) is 10.2 Å². The molecule has 128 valence electrons. The van der Waals surface area contributed by atoms with Gasteiger partial charge >= 0.3 is 6.03 Å². The third kappa shape index (κ3) is 4.33. The van der Waals surface area contributed by atoms with Crippen molar-refractivity contribution >= 4 is 11.7 Å². The third-order valence-corrected chi connectivity index (χ3v) is 3.92. The number of rotatable bonds is 4. The molecule has 0 radical (unpaired) electrons. The minimum absolute atomic E-state index is 0.0275. The van der Waals surface area contributed by atoms with Crippen molar-refractivity contribution in [3.05, 3.63) is 24.0 Å². The van der Waals surface area contributed by atoms with Crippen LogP contribution in [0.4, 0.5) is 14.9 Å². The number of methoxy groups -OCH3 is 1. The van der Waals surface area contributed by atoms with E-state index in [0.29, 0.717) is 31.9 Å². The fourth-order valence-electron chi connectivity index (χ4n) is 2.85. The predicted octanol–water partition coefficient (Wildman–Crippen LogP) is 1.75. The first-order valence-electron chi connectivity index (χ1n) is 7.73. The molecule has 1 aromatic carbocycles. The van der Waals surface area contributed by atoms with Gasteiger partial charge in [-0.25, -0.2) is 9.18 Å². The highest BCUT2D eigenvalue weighted by Gasteiger charge is 2.28. The second kappa shape index (κ2) is 7.61. The number of β-amino-alcohol motifs (C(OH)–C–C–N with tert-alkyl or cyclic N) is 1. The van der Waals surface area contributed by atoms with E-state index in [1.54, 1.807) is 17.9 Å². The van der Waals surface area contributed by atoms with Crippen LogP contribution in [0.2, 0.25) is 0 Å². The molecule has 2 rings (SSSR count). The number of nitrogens with zero attached hydrogens (tertiary/aromatic N) is 2. The highest BCUT2D eigenvalue weighted by molar-refractivity contribution is 5.91. The summed E-state index contributed by atoms with van der Waals surface area (Å²) in [5.74, 6) is -0.239. The summed E-state index contributed by atoms with van der Waals surface area (Å²) in [5, 5.41) is 12.1. The first-order valence-corrected chi connectivity index (χ1v) is 7.73. The molecular weight excluding hydrogens is 301 g/mol. The molecular formula is C16H24FN3O3. The summed E-state index contributed by atoms with van der Waals surface area (Å²) in [4.78, 5) is 16.2. The maximum absolute atomic E-state index is 13.9. The second-order valence-corrected chi connectivity index (χ2v) is 5.90. The van der Waals surface area contributed by atoms with Crippen molar-refractivity contribution < 1.29 is 19.0 Å². The Labute approximate surface area is 135 Å². The van der Waals surface area contributed by atoms with Gasteiger partial charge in [-0.3, -0.25) is 4.90 Å². The molecule has 1 aliphatic rings. The molecule has 7 heteroatoms. The van der Waals surface area contributed by atoms with E-state index in [0.717, 1.165) is 0 Å². The number of piperazine rings is 1. The summed E-state index contributed by atoms with van der Waals surface area (Å²) in [5.41, 5.74) is 0.0543. The Hall–Kier alpha value is -1.86. The zero-order chi connectivity index (χ0) is 17.0. The number of hydrogen-bond acceptors (Lipinski definition) is 4. The Morgan fingerprint density at radius 1 is 1.52 bits per heavy atom. The van der Waals surface area contributed by atoms with E-state index >= 15 is 0 Å². The van der Waals surface area contributed by atoms with Crippen molar-refractivity contribution in [1.29, 1.82) is 0 Å². The first kappa shape index (κ1) is 17.5. The number of halogens is 1. The van der Waals surface area contributed by atoms with Crippen molar-refractivity contribution in [3.63, 3.8) is 0 Å². The van der Waals surface area contributed by atoms with Crippen LogP contribution in [-0.4, -0.2) is 66.4 Å². The lowest BCUT2D eigenvalue weighted by Gasteiger charge is -2.40. The molecule has 1 aliphatic heterocycles. The van der Waals surface area contributed by atoms with Crippen LogP contribution in [0.5, 0.6) is 5.75 Å². The predicted molar refractivity (Wildman–Crippen MR) is 86.3 cm³/mol. The summed E-state index contributed by atoms with van der Waals surface area (Å²) in [7, 11) is 1.43. The zero-order valence-corrected chi connectivity index (χ0v) is 13.8. The normalized spacial score (nSPS) is 20.2. The molecule has 0 aromatic heterocycles. The number of ether oxygens (including phenoxy) is 1. The van der Waals surface area contributed by atoms with Crippen LogP contribution >= 0.6 is 0 Å². The maximum Gasteiger partial charge on any atom is 0.322 e. The lowest BCUT2D eigenvalue weighted by Crippen LogP contribution is -2.56. The lowest BCUT2D eigenvalue weighted by atomic mass is 10.2. The average Bonchev–Trinajstić information content (AvgIpc) is 2.48. The fraction of sp³-hybridized carbons (Fsp3) is 0.562. The van der Waals surface area contributed by atoms with Gasteiger partial charge in [0.05, 0.1) is 13.2 Å². The lowest BCUT2D eigenvalue weighted by molar-refractivity contribution is 0.0691. The number of benzene rings is 1. The Kier molecular flexibility index (Phi) is 5.79. The standard InChI is InChI=1S/C16H24FN3O3/c1-11-9-19(10-12(2)21)7-8-20(11)16(22)18-15-13(17)5-4-6-14(15)23-3/h4-6,11-12,21H,7-10H2,1-3H3,(H,18,22)/t11-,12+/m1/s1. The van der Waals surface area contributed by atoms with Gasteiger partial charge in [0.1, 0.15) is 11.4 Å². The van der Waals surface area contributed by atoms with Gasteiger partial charge in [0, 0.05) is 32.2 Å². The summed E-state index contributed by atoms with van der Waals surface area (Å²) in [6, 6.07) is 4.03. The van der Waals surface area contributed by atoms with Crippen LogP contribution in [0.25, 0.3) is 0 Å². The number of carbonyl (C=O) groups excluding carboxylic acids is 1. The summed E-state index contributed by atoms with van der Waals surface area (Å²) in [6.07, 6.45) is -0.398. The molecule has 2 N–H and O–H groups in total. The quantitative estimate of drug-likeness (QED) is 0.885. The SMILES string of the molecule is COc1cccc(F)c1NC(=O)N1CCN(C[C@H](C)O)C[C@H]1C. The molecule has 1 saturated heterocycles. The van der Waals surface area contributed by atoms with Crippen LogP contribution in [-0.2, 0) is 0 Å². The van der Waals surface area contributed by atoms with Crippen LogP contribution in [0.3, 0.4) is 0 Å². The Morgan fingerprint density at radius 2 is 2.26 bits per heavy atom. The second-order valence-electron chi connectivity index (χ2n) is 5.90. The van der Waals surface area contributed by atoms with E-state index in [9.17, 15) is 14.3 Å². The van der Waals surface area contributed by atoms with E-state index in [1.807, 2.05) is 6.92 Å². The van der Waals surface area contributed by atoms with E-state index in [4.69, 9.17) is 4.74 Å². The molecule has 2 amide bonds. The minimum atomic E-state index is -0.530. The van der Waals surface area contributed by atoms with Crippen molar-refractivity contribution in [3.8, 4) is 5.75 Å². The zero-order valence-electron chi connectivity index (χ0n) is 13.8.